The molecule has 2 fully saturated rings. The fraction of sp³-hybridized carbons (Fsp3) is 0.619. The van der Waals surface area contributed by atoms with E-state index >= 15 is 0 Å². The first kappa shape index (κ1) is 18.9. The molecule has 2 atom stereocenters. The third kappa shape index (κ3) is 3.95. The number of alkyl halides is 1. The monoisotopic (exact) mass is 361 g/mol. The first-order valence-electron chi connectivity index (χ1n) is 9.69. The van der Waals surface area contributed by atoms with Crippen molar-refractivity contribution in [1.82, 2.24) is 15.1 Å². The number of likely N-dealkylation sites (tertiary alicyclic amines) is 1. The molecule has 2 saturated heterocycles. The minimum atomic E-state index is -0.431. The van der Waals surface area contributed by atoms with Gasteiger partial charge in [-0.15, -0.1) is 0 Å². The van der Waals surface area contributed by atoms with Crippen LogP contribution in [-0.4, -0.2) is 47.6 Å². The third-order valence-corrected chi connectivity index (χ3v) is 6.27. The maximum absolute atomic E-state index is 7.33. The van der Waals surface area contributed by atoms with E-state index in [0.717, 1.165) is 39.3 Å². The molecule has 0 aromatic heterocycles. The Kier molecular flexibility index (Phi) is 6.21. The fourth-order valence-corrected chi connectivity index (χ4v) is 4.74. The minimum absolute atomic E-state index is 0.235. The van der Waals surface area contributed by atoms with Crippen LogP contribution in [0.25, 0.3) is 0 Å². The summed E-state index contributed by atoms with van der Waals surface area (Å²) in [5.74, 6) is 0. The molecule has 25 heavy (non-hydrogen) atoms. The molecule has 2 unspecified atom stereocenters. The van der Waals surface area contributed by atoms with Crippen molar-refractivity contribution < 1.29 is 0 Å². The third-order valence-electron chi connectivity index (χ3n) is 5.83. The molecule has 0 amide bonds. The number of nitrogens with one attached hydrogen (secondary N) is 1. The summed E-state index contributed by atoms with van der Waals surface area (Å²) >= 11 is 7.33. The van der Waals surface area contributed by atoms with Crippen LogP contribution in [0.4, 0.5) is 0 Å². The molecule has 1 aromatic rings. The molecule has 2 aliphatic rings. The lowest BCUT2D eigenvalue weighted by Gasteiger charge is -2.43. The van der Waals surface area contributed by atoms with Crippen molar-refractivity contribution in [1.29, 1.82) is 0 Å². The van der Waals surface area contributed by atoms with Gasteiger partial charge in [-0.25, -0.2) is 0 Å². The summed E-state index contributed by atoms with van der Waals surface area (Å²) in [6, 6.07) is 11.1. The zero-order chi connectivity index (χ0) is 17.9. The summed E-state index contributed by atoms with van der Waals surface area (Å²) in [5.41, 5.74) is 4.15. The summed E-state index contributed by atoms with van der Waals surface area (Å²) in [7, 11) is 0. The quantitative estimate of drug-likeness (QED) is 0.461. The van der Waals surface area contributed by atoms with E-state index in [-0.39, 0.29) is 6.04 Å². The molecule has 1 N–H and O–H groups in total. The van der Waals surface area contributed by atoms with Gasteiger partial charge in [0.25, 0.3) is 0 Å². The molecule has 2 heterocycles. The molecular formula is C21H32ClN3. The van der Waals surface area contributed by atoms with Crippen molar-refractivity contribution in [3.8, 4) is 0 Å². The largest absolute Gasteiger partial charge is 0.303 e. The van der Waals surface area contributed by atoms with Crippen molar-refractivity contribution in [2.75, 3.05) is 32.8 Å². The summed E-state index contributed by atoms with van der Waals surface area (Å²) in [6.45, 7) is 12.0. The Hall–Kier alpha value is -0.870. The van der Waals surface area contributed by atoms with Gasteiger partial charge in [0.05, 0.1) is 6.04 Å². The average Bonchev–Trinajstić information content (AvgIpc) is 3.33. The number of halogens is 1. The highest BCUT2D eigenvalue weighted by molar-refractivity contribution is 6.25. The Labute approximate surface area is 158 Å². The molecule has 0 aliphatic carbocycles. The van der Waals surface area contributed by atoms with Crippen molar-refractivity contribution >= 4 is 11.6 Å². The Morgan fingerprint density at radius 2 is 1.88 bits per heavy atom. The minimum Gasteiger partial charge on any atom is -0.303 e. The SMILES string of the molecule is CC/C(C)=C(/C(c1ccccc1)N1CCNC1)C(C)(Cl)N1CCCC1. The highest BCUT2D eigenvalue weighted by Gasteiger charge is 2.42. The van der Waals surface area contributed by atoms with Crippen molar-refractivity contribution in [2.24, 2.45) is 0 Å². The van der Waals surface area contributed by atoms with Crippen LogP contribution in [0.15, 0.2) is 41.5 Å². The van der Waals surface area contributed by atoms with Crippen LogP contribution in [0.3, 0.4) is 0 Å². The van der Waals surface area contributed by atoms with Gasteiger partial charge in [0.15, 0.2) is 0 Å². The van der Waals surface area contributed by atoms with Crippen molar-refractivity contribution in [3.63, 3.8) is 0 Å². The van der Waals surface area contributed by atoms with Crippen LogP contribution in [0.5, 0.6) is 0 Å². The number of benzene rings is 1. The Bertz CT molecular complexity index is 584. The highest BCUT2D eigenvalue weighted by Crippen LogP contribution is 2.44. The molecule has 0 spiro atoms. The van der Waals surface area contributed by atoms with E-state index < -0.39 is 5.00 Å². The van der Waals surface area contributed by atoms with Crippen molar-refractivity contribution in [3.05, 3.63) is 47.0 Å². The van der Waals surface area contributed by atoms with Gasteiger partial charge in [-0.05, 0) is 44.2 Å². The maximum atomic E-state index is 7.33. The maximum Gasteiger partial charge on any atom is 0.117 e. The first-order chi connectivity index (χ1) is 12.1. The van der Waals surface area contributed by atoms with Crippen LogP contribution in [0.2, 0.25) is 0 Å². The van der Waals surface area contributed by atoms with Crippen LogP contribution in [-0.2, 0) is 0 Å². The second-order valence-electron chi connectivity index (χ2n) is 7.48. The lowest BCUT2D eigenvalue weighted by Crippen LogP contribution is -2.46. The van der Waals surface area contributed by atoms with E-state index in [2.05, 4.69) is 66.2 Å². The summed E-state index contributed by atoms with van der Waals surface area (Å²) in [4.78, 5) is 4.59. The van der Waals surface area contributed by atoms with E-state index in [1.54, 1.807) is 0 Å². The predicted octanol–water partition coefficient (Wildman–Crippen LogP) is 4.37. The Morgan fingerprint density at radius 1 is 1.20 bits per heavy atom. The topological polar surface area (TPSA) is 18.5 Å². The van der Waals surface area contributed by atoms with Gasteiger partial charge in [-0.3, -0.25) is 9.80 Å². The molecule has 1 aromatic carbocycles. The zero-order valence-corrected chi connectivity index (χ0v) is 16.6. The molecule has 138 valence electrons. The fourth-order valence-electron chi connectivity index (χ4n) is 4.31. The van der Waals surface area contributed by atoms with Crippen LogP contribution in [0, 0.1) is 0 Å². The number of nitrogens with zero attached hydrogens (tertiary/aromatic N) is 2. The number of rotatable bonds is 6. The molecule has 4 heteroatoms. The lowest BCUT2D eigenvalue weighted by atomic mass is 9.87. The highest BCUT2D eigenvalue weighted by atomic mass is 35.5. The van der Waals surface area contributed by atoms with Gasteiger partial charge in [-0.2, -0.15) is 0 Å². The second kappa shape index (κ2) is 8.22. The van der Waals surface area contributed by atoms with E-state index in [1.165, 1.54) is 29.6 Å². The van der Waals surface area contributed by atoms with Gasteiger partial charge in [0.1, 0.15) is 5.00 Å². The number of hydrogen-bond acceptors (Lipinski definition) is 3. The Morgan fingerprint density at radius 3 is 2.44 bits per heavy atom. The lowest BCUT2D eigenvalue weighted by molar-refractivity contribution is 0.198. The van der Waals surface area contributed by atoms with Crippen LogP contribution >= 0.6 is 11.6 Å². The predicted molar refractivity (Wildman–Crippen MR) is 107 cm³/mol. The van der Waals surface area contributed by atoms with Gasteiger partial charge >= 0.3 is 0 Å². The molecule has 3 nitrogen and oxygen atoms in total. The van der Waals surface area contributed by atoms with Crippen LogP contribution < -0.4 is 5.32 Å². The molecule has 3 rings (SSSR count). The molecule has 0 saturated carbocycles. The Balaban J connectivity index is 2.07. The molecule has 0 radical (unpaired) electrons. The summed E-state index contributed by atoms with van der Waals surface area (Å²) in [6.07, 6.45) is 3.54. The molecule has 0 bridgehead atoms. The first-order valence-corrected chi connectivity index (χ1v) is 10.1. The standard InChI is InChI=1S/C21H32ClN3/c1-4-17(2)19(21(3,22)25-13-8-9-14-25)20(24-15-12-23-16-24)18-10-6-5-7-11-18/h5-7,10-11,20,23H,4,8-9,12-16H2,1-3H3/b19-17-. The van der Waals surface area contributed by atoms with E-state index in [9.17, 15) is 0 Å². The van der Waals surface area contributed by atoms with Crippen LogP contribution in [0.1, 0.15) is 51.6 Å². The number of allylic oxidation sites excluding steroid dienone is 1. The summed E-state index contributed by atoms with van der Waals surface area (Å²) in [5, 5.41) is 3.50. The average molecular weight is 362 g/mol. The van der Waals surface area contributed by atoms with E-state index in [1.807, 2.05) is 0 Å². The van der Waals surface area contributed by atoms with Gasteiger partial charge in [-0.1, -0.05) is 54.4 Å². The van der Waals surface area contributed by atoms with E-state index in [0.29, 0.717) is 0 Å². The number of hydrogen-bond donors (Lipinski definition) is 1. The van der Waals surface area contributed by atoms with Gasteiger partial charge in [0, 0.05) is 32.8 Å². The van der Waals surface area contributed by atoms with Crippen molar-refractivity contribution in [2.45, 2.75) is 51.1 Å². The van der Waals surface area contributed by atoms with Gasteiger partial charge < -0.3 is 5.32 Å². The zero-order valence-electron chi connectivity index (χ0n) is 15.9. The summed E-state index contributed by atoms with van der Waals surface area (Å²) < 4.78 is 0. The smallest absolute Gasteiger partial charge is 0.117 e. The van der Waals surface area contributed by atoms with E-state index in [4.69, 9.17) is 11.6 Å². The molecular weight excluding hydrogens is 330 g/mol. The normalized spacial score (nSPS) is 24.2. The van der Waals surface area contributed by atoms with Gasteiger partial charge in [0.2, 0.25) is 0 Å². The molecule has 2 aliphatic heterocycles. The second-order valence-corrected chi connectivity index (χ2v) is 8.21.